The molecule has 2 aromatic rings. The van der Waals surface area contributed by atoms with Gasteiger partial charge in [-0.3, -0.25) is 4.79 Å². The Morgan fingerprint density at radius 3 is 2.36 bits per heavy atom. The molecular weight excluding hydrogens is 290 g/mol. The lowest BCUT2D eigenvalue weighted by Gasteiger charge is -2.16. The van der Waals surface area contributed by atoms with Crippen LogP contribution in [-0.2, 0) is 11.3 Å². The van der Waals surface area contributed by atoms with Crippen molar-refractivity contribution < 1.29 is 4.79 Å². The largest absolute Gasteiger partial charge is 0.338 e. The second-order valence-electron chi connectivity index (χ2n) is 5.88. The highest BCUT2D eigenvalue weighted by molar-refractivity contribution is 7.99. The number of carbonyl (C=O) groups is 1. The first-order valence-corrected chi connectivity index (χ1v) is 8.73. The molecule has 22 heavy (non-hydrogen) atoms. The average Bonchev–Trinajstić information content (AvgIpc) is 2.83. The number of thioether (sulfide) groups is 1. The lowest BCUT2D eigenvalue weighted by Crippen LogP contribution is -2.26. The molecule has 1 amide bonds. The number of nitrogens with zero attached hydrogens (tertiary/aromatic N) is 1. The highest BCUT2D eigenvalue weighted by Crippen LogP contribution is 2.31. The van der Waals surface area contributed by atoms with Crippen molar-refractivity contribution in [2.45, 2.75) is 18.4 Å². The van der Waals surface area contributed by atoms with E-state index in [0.717, 1.165) is 18.8 Å². The van der Waals surface area contributed by atoms with Crippen LogP contribution in [0.2, 0.25) is 0 Å². The molecule has 3 rings (SSSR count). The van der Waals surface area contributed by atoms with Crippen LogP contribution in [-0.4, -0.2) is 23.1 Å². The molecule has 0 aliphatic carbocycles. The van der Waals surface area contributed by atoms with E-state index in [1.807, 2.05) is 40.9 Å². The standard InChI is InChI=1S/C19H21NOS/c1-15-17(14-22-18-10-6-3-7-11-18)13-20(19(15)21)12-16-8-4-2-5-9-16/h2-11,15,17H,12-14H2,1H3/t15-,17-/m1/s1. The summed E-state index contributed by atoms with van der Waals surface area (Å²) in [5.41, 5.74) is 1.21. The molecule has 1 saturated heterocycles. The maximum Gasteiger partial charge on any atom is 0.226 e. The predicted octanol–water partition coefficient (Wildman–Crippen LogP) is 4.07. The summed E-state index contributed by atoms with van der Waals surface area (Å²) in [5, 5.41) is 0. The minimum Gasteiger partial charge on any atom is -0.338 e. The third-order valence-electron chi connectivity index (χ3n) is 4.29. The van der Waals surface area contributed by atoms with Crippen molar-refractivity contribution >= 4 is 17.7 Å². The van der Waals surface area contributed by atoms with Crippen molar-refractivity contribution in [2.24, 2.45) is 11.8 Å². The molecule has 3 heteroatoms. The highest BCUT2D eigenvalue weighted by atomic mass is 32.2. The second kappa shape index (κ2) is 7.01. The molecule has 0 N–H and O–H groups in total. The SMILES string of the molecule is C[C@H]1C(=O)N(Cc2ccccc2)C[C@@H]1CSc1ccccc1. The second-order valence-corrected chi connectivity index (χ2v) is 6.97. The summed E-state index contributed by atoms with van der Waals surface area (Å²) in [6.45, 7) is 3.68. The fraction of sp³-hybridized carbons (Fsp3) is 0.316. The van der Waals surface area contributed by atoms with E-state index in [4.69, 9.17) is 0 Å². The number of carbonyl (C=O) groups excluding carboxylic acids is 1. The summed E-state index contributed by atoms with van der Waals surface area (Å²) in [6, 6.07) is 20.7. The Morgan fingerprint density at radius 2 is 1.68 bits per heavy atom. The smallest absolute Gasteiger partial charge is 0.226 e. The Hall–Kier alpha value is -1.74. The maximum absolute atomic E-state index is 12.4. The van der Waals surface area contributed by atoms with Crippen LogP contribution in [0.4, 0.5) is 0 Å². The maximum atomic E-state index is 12.4. The molecule has 1 heterocycles. The molecule has 0 saturated carbocycles. The first-order valence-electron chi connectivity index (χ1n) is 7.74. The first kappa shape index (κ1) is 15.2. The Bertz CT molecular complexity index is 614. The summed E-state index contributed by atoms with van der Waals surface area (Å²) in [4.78, 5) is 15.7. The quantitative estimate of drug-likeness (QED) is 0.776. The number of hydrogen-bond donors (Lipinski definition) is 0. The highest BCUT2D eigenvalue weighted by Gasteiger charge is 2.36. The van der Waals surface area contributed by atoms with Gasteiger partial charge in [-0.25, -0.2) is 0 Å². The van der Waals surface area contributed by atoms with Crippen molar-refractivity contribution in [1.82, 2.24) is 4.90 Å². The zero-order chi connectivity index (χ0) is 15.4. The van der Waals surface area contributed by atoms with Gasteiger partial charge in [0.2, 0.25) is 5.91 Å². The molecule has 1 fully saturated rings. The van der Waals surface area contributed by atoms with Crippen molar-refractivity contribution in [2.75, 3.05) is 12.3 Å². The van der Waals surface area contributed by atoms with Crippen molar-refractivity contribution in [3.05, 3.63) is 66.2 Å². The molecule has 2 atom stereocenters. The Balaban J connectivity index is 1.59. The van der Waals surface area contributed by atoms with Gasteiger partial charge in [0.05, 0.1) is 0 Å². The van der Waals surface area contributed by atoms with E-state index in [2.05, 4.69) is 43.3 Å². The van der Waals surface area contributed by atoms with E-state index in [1.54, 1.807) is 0 Å². The van der Waals surface area contributed by atoms with Gasteiger partial charge in [-0.15, -0.1) is 11.8 Å². The van der Waals surface area contributed by atoms with Crippen LogP contribution < -0.4 is 0 Å². The summed E-state index contributed by atoms with van der Waals surface area (Å²) in [7, 11) is 0. The third kappa shape index (κ3) is 3.53. The van der Waals surface area contributed by atoms with E-state index < -0.39 is 0 Å². The fourth-order valence-electron chi connectivity index (χ4n) is 2.88. The Kier molecular flexibility index (Phi) is 4.84. The number of hydrogen-bond acceptors (Lipinski definition) is 2. The molecule has 1 aliphatic rings. The van der Waals surface area contributed by atoms with Crippen molar-refractivity contribution in [3.8, 4) is 0 Å². The van der Waals surface area contributed by atoms with Gasteiger partial charge < -0.3 is 4.90 Å². The normalized spacial score (nSPS) is 21.3. The molecular formula is C19H21NOS. The van der Waals surface area contributed by atoms with Crippen molar-refractivity contribution in [1.29, 1.82) is 0 Å². The number of benzene rings is 2. The Morgan fingerprint density at radius 1 is 1.05 bits per heavy atom. The van der Waals surface area contributed by atoms with Gasteiger partial charge in [0, 0.05) is 29.7 Å². The van der Waals surface area contributed by atoms with Crippen LogP contribution in [0, 0.1) is 11.8 Å². The van der Waals surface area contributed by atoms with Gasteiger partial charge in [0.15, 0.2) is 0 Å². The minimum atomic E-state index is 0.125. The minimum absolute atomic E-state index is 0.125. The van der Waals surface area contributed by atoms with Crippen LogP contribution >= 0.6 is 11.8 Å². The molecule has 114 valence electrons. The van der Waals surface area contributed by atoms with Crippen molar-refractivity contribution in [3.63, 3.8) is 0 Å². The van der Waals surface area contributed by atoms with Gasteiger partial charge >= 0.3 is 0 Å². The summed E-state index contributed by atoms with van der Waals surface area (Å²) < 4.78 is 0. The molecule has 2 aromatic carbocycles. The first-order chi connectivity index (χ1) is 10.7. The van der Waals surface area contributed by atoms with Crippen LogP contribution in [0.15, 0.2) is 65.6 Å². The summed E-state index contributed by atoms with van der Waals surface area (Å²) in [5.74, 6) is 1.85. The molecule has 1 aliphatic heterocycles. The molecule has 0 aromatic heterocycles. The van der Waals surface area contributed by atoms with Gasteiger partial charge in [0.1, 0.15) is 0 Å². The number of amides is 1. The number of likely N-dealkylation sites (tertiary alicyclic amines) is 1. The van der Waals surface area contributed by atoms with Crippen LogP contribution in [0.3, 0.4) is 0 Å². The van der Waals surface area contributed by atoms with Gasteiger partial charge in [-0.05, 0) is 23.6 Å². The average molecular weight is 311 g/mol. The Labute approximate surface area is 136 Å². The van der Waals surface area contributed by atoms with Gasteiger partial charge in [-0.2, -0.15) is 0 Å². The summed E-state index contributed by atoms with van der Waals surface area (Å²) in [6.07, 6.45) is 0. The topological polar surface area (TPSA) is 20.3 Å². The van der Waals surface area contributed by atoms with Gasteiger partial charge in [-0.1, -0.05) is 55.5 Å². The fourth-order valence-corrected chi connectivity index (χ4v) is 4.03. The van der Waals surface area contributed by atoms with Crippen LogP contribution in [0.1, 0.15) is 12.5 Å². The zero-order valence-electron chi connectivity index (χ0n) is 12.8. The van der Waals surface area contributed by atoms with E-state index in [9.17, 15) is 4.79 Å². The molecule has 0 spiro atoms. The van der Waals surface area contributed by atoms with Crippen LogP contribution in [0.5, 0.6) is 0 Å². The zero-order valence-corrected chi connectivity index (χ0v) is 13.6. The monoisotopic (exact) mass is 311 g/mol. The summed E-state index contributed by atoms with van der Waals surface area (Å²) >= 11 is 1.85. The molecule has 0 unspecified atom stereocenters. The van der Waals surface area contributed by atoms with E-state index in [-0.39, 0.29) is 5.92 Å². The van der Waals surface area contributed by atoms with Gasteiger partial charge in [0.25, 0.3) is 0 Å². The molecule has 0 bridgehead atoms. The van der Waals surface area contributed by atoms with E-state index >= 15 is 0 Å². The third-order valence-corrected chi connectivity index (χ3v) is 5.49. The molecule has 2 nitrogen and oxygen atoms in total. The number of rotatable bonds is 5. The lowest BCUT2D eigenvalue weighted by molar-refractivity contribution is -0.131. The predicted molar refractivity (Wildman–Crippen MR) is 91.7 cm³/mol. The van der Waals surface area contributed by atoms with E-state index in [0.29, 0.717) is 11.8 Å². The lowest BCUT2D eigenvalue weighted by atomic mass is 10.0. The van der Waals surface area contributed by atoms with Crippen LogP contribution in [0.25, 0.3) is 0 Å². The molecule has 0 radical (unpaired) electrons. The van der Waals surface area contributed by atoms with E-state index in [1.165, 1.54) is 10.5 Å².